The van der Waals surface area contributed by atoms with Crippen molar-refractivity contribution in [1.82, 2.24) is 0 Å². The molecule has 0 spiro atoms. The van der Waals surface area contributed by atoms with Crippen LogP contribution >= 0.6 is 11.6 Å². The predicted molar refractivity (Wildman–Crippen MR) is 96.1 cm³/mol. The average molecular weight is 330 g/mol. The molecule has 1 N–H and O–H groups in total. The SMILES string of the molecule is CCCOc1ccc(C=CC(=O)Nc2ccc(Cl)cc2C)cc1. The normalized spacial score (nSPS) is 10.7. The van der Waals surface area contributed by atoms with Gasteiger partial charge in [0.2, 0.25) is 5.91 Å². The first-order valence-corrected chi connectivity index (χ1v) is 7.94. The first kappa shape index (κ1) is 17.1. The Kier molecular flexibility index (Phi) is 6.24. The van der Waals surface area contributed by atoms with E-state index in [2.05, 4.69) is 12.2 Å². The monoisotopic (exact) mass is 329 g/mol. The molecule has 0 heterocycles. The van der Waals surface area contributed by atoms with Gasteiger partial charge in [0, 0.05) is 16.8 Å². The van der Waals surface area contributed by atoms with Crippen LogP contribution in [0.4, 0.5) is 5.69 Å². The number of carbonyl (C=O) groups excluding carboxylic acids is 1. The standard InChI is InChI=1S/C19H20ClNO2/c1-3-12-23-17-8-4-15(5-9-17)6-11-19(22)21-18-10-7-16(20)13-14(18)2/h4-11,13H,3,12H2,1-2H3,(H,21,22). The highest BCUT2D eigenvalue weighted by atomic mass is 35.5. The topological polar surface area (TPSA) is 38.3 Å². The van der Waals surface area contributed by atoms with Crippen LogP contribution in [0, 0.1) is 6.92 Å². The molecule has 0 aromatic heterocycles. The van der Waals surface area contributed by atoms with Gasteiger partial charge in [0.25, 0.3) is 0 Å². The van der Waals surface area contributed by atoms with E-state index in [4.69, 9.17) is 16.3 Å². The third kappa shape index (κ3) is 5.46. The summed E-state index contributed by atoms with van der Waals surface area (Å²) in [5.41, 5.74) is 2.63. The number of benzene rings is 2. The second kappa shape index (κ2) is 8.39. The Morgan fingerprint density at radius 1 is 1.22 bits per heavy atom. The van der Waals surface area contributed by atoms with Crippen molar-refractivity contribution in [2.24, 2.45) is 0 Å². The van der Waals surface area contributed by atoms with Crippen molar-refractivity contribution in [2.45, 2.75) is 20.3 Å². The lowest BCUT2D eigenvalue weighted by Gasteiger charge is -2.06. The molecule has 0 aliphatic carbocycles. The Balaban J connectivity index is 1.95. The van der Waals surface area contributed by atoms with Crippen LogP contribution < -0.4 is 10.1 Å². The lowest BCUT2D eigenvalue weighted by Crippen LogP contribution is -2.08. The first-order valence-electron chi connectivity index (χ1n) is 7.56. The van der Waals surface area contributed by atoms with E-state index in [9.17, 15) is 4.79 Å². The predicted octanol–water partition coefficient (Wildman–Crippen LogP) is 5.09. The summed E-state index contributed by atoms with van der Waals surface area (Å²) in [6, 6.07) is 13.0. The van der Waals surface area contributed by atoms with Gasteiger partial charge in [-0.15, -0.1) is 0 Å². The van der Waals surface area contributed by atoms with E-state index in [1.165, 1.54) is 6.08 Å². The molecule has 0 bridgehead atoms. The molecule has 2 aromatic carbocycles. The molecule has 120 valence electrons. The smallest absolute Gasteiger partial charge is 0.248 e. The Morgan fingerprint density at radius 2 is 1.96 bits per heavy atom. The molecule has 0 saturated heterocycles. The molecule has 0 unspecified atom stereocenters. The molecule has 2 aromatic rings. The molecule has 0 saturated carbocycles. The van der Waals surface area contributed by atoms with Gasteiger partial charge >= 0.3 is 0 Å². The van der Waals surface area contributed by atoms with Crippen LogP contribution in [0.1, 0.15) is 24.5 Å². The third-order valence-electron chi connectivity index (χ3n) is 3.23. The van der Waals surface area contributed by atoms with Crippen molar-refractivity contribution < 1.29 is 9.53 Å². The molecule has 4 heteroatoms. The van der Waals surface area contributed by atoms with Crippen LogP contribution in [0.25, 0.3) is 6.08 Å². The number of rotatable bonds is 6. The minimum absolute atomic E-state index is 0.179. The quantitative estimate of drug-likeness (QED) is 0.750. The van der Waals surface area contributed by atoms with Gasteiger partial charge in [-0.3, -0.25) is 4.79 Å². The first-order chi connectivity index (χ1) is 11.1. The summed E-state index contributed by atoms with van der Waals surface area (Å²) in [5, 5.41) is 3.49. The van der Waals surface area contributed by atoms with Crippen molar-refractivity contribution >= 4 is 29.3 Å². The maximum absolute atomic E-state index is 12.0. The number of aryl methyl sites for hydroxylation is 1. The van der Waals surface area contributed by atoms with Gasteiger partial charge in [0.1, 0.15) is 5.75 Å². The van der Waals surface area contributed by atoms with Gasteiger partial charge in [0.15, 0.2) is 0 Å². The molecule has 0 fully saturated rings. The Hall–Kier alpha value is -2.26. The molecule has 0 atom stereocenters. The van der Waals surface area contributed by atoms with Gasteiger partial charge in [-0.1, -0.05) is 30.7 Å². The Morgan fingerprint density at radius 3 is 2.61 bits per heavy atom. The van der Waals surface area contributed by atoms with Crippen molar-refractivity contribution in [3.63, 3.8) is 0 Å². The molecule has 0 radical (unpaired) electrons. The number of carbonyl (C=O) groups is 1. The zero-order valence-corrected chi connectivity index (χ0v) is 14.1. The number of hydrogen-bond donors (Lipinski definition) is 1. The summed E-state index contributed by atoms with van der Waals surface area (Å²) in [6.07, 6.45) is 4.26. The van der Waals surface area contributed by atoms with E-state index in [0.29, 0.717) is 11.6 Å². The van der Waals surface area contributed by atoms with E-state index in [-0.39, 0.29) is 5.91 Å². The molecule has 3 nitrogen and oxygen atoms in total. The molecule has 23 heavy (non-hydrogen) atoms. The summed E-state index contributed by atoms with van der Waals surface area (Å²) in [6.45, 7) is 4.68. The molecule has 0 aliphatic heterocycles. The van der Waals surface area contributed by atoms with E-state index in [0.717, 1.165) is 29.0 Å². The van der Waals surface area contributed by atoms with E-state index < -0.39 is 0 Å². The van der Waals surface area contributed by atoms with E-state index in [1.807, 2.05) is 37.3 Å². The largest absolute Gasteiger partial charge is 0.494 e. The van der Waals surface area contributed by atoms with Gasteiger partial charge in [-0.25, -0.2) is 0 Å². The molecular formula is C19H20ClNO2. The summed E-state index contributed by atoms with van der Waals surface area (Å²) >= 11 is 5.90. The number of nitrogens with one attached hydrogen (secondary N) is 1. The highest BCUT2D eigenvalue weighted by Gasteiger charge is 2.02. The van der Waals surface area contributed by atoms with E-state index in [1.54, 1.807) is 18.2 Å². The fourth-order valence-electron chi connectivity index (χ4n) is 2.01. The molecule has 0 aliphatic rings. The summed E-state index contributed by atoms with van der Waals surface area (Å²) in [4.78, 5) is 12.0. The molecule has 1 amide bonds. The van der Waals surface area contributed by atoms with Crippen LogP contribution in [0.15, 0.2) is 48.5 Å². The van der Waals surface area contributed by atoms with Crippen molar-refractivity contribution in [1.29, 1.82) is 0 Å². The molecule has 2 rings (SSSR count). The highest BCUT2D eigenvalue weighted by Crippen LogP contribution is 2.19. The van der Waals surface area contributed by atoms with Crippen LogP contribution in [0.5, 0.6) is 5.75 Å². The number of halogens is 1. The summed E-state index contributed by atoms with van der Waals surface area (Å²) in [5.74, 6) is 0.659. The summed E-state index contributed by atoms with van der Waals surface area (Å²) in [7, 11) is 0. The van der Waals surface area contributed by atoms with Crippen molar-refractivity contribution in [3.8, 4) is 5.75 Å². The minimum atomic E-state index is -0.179. The Bertz CT molecular complexity index is 693. The van der Waals surface area contributed by atoms with Gasteiger partial charge in [-0.2, -0.15) is 0 Å². The highest BCUT2D eigenvalue weighted by molar-refractivity contribution is 6.30. The zero-order valence-electron chi connectivity index (χ0n) is 13.3. The number of anilines is 1. The fourth-order valence-corrected chi connectivity index (χ4v) is 2.24. The maximum atomic E-state index is 12.0. The van der Waals surface area contributed by atoms with Gasteiger partial charge in [-0.05, 0) is 60.9 Å². The van der Waals surface area contributed by atoms with Crippen molar-refractivity contribution in [3.05, 3.63) is 64.7 Å². The van der Waals surface area contributed by atoms with Crippen LogP contribution in [0.3, 0.4) is 0 Å². The number of ether oxygens (including phenoxy) is 1. The van der Waals surface area contributed by atoms with E-state index >= 15 is 0 Å². The fraction of sp³-hybridized carbons (Fsp3) is 0.211. The lowest BCUT2D eigenvalue weighted by atomic mass is 10.2. The molecular weight excluding hydrogens is 310 g/mol. The van der Waals surface area contributed by atoms with Gasteiger partial charge < -0.3 is 10.1 Å². The third-order valence-corrected chi connectivity index (χ3v) is 3.46. The van der Waals surface area contributed by atoms with Crippen LogP contribution in [-0.2, 0) is 4.79 Å². The number of amides is 1. The Labute approximate surface area is 141 Å². The second-order valence-corrected chi connectivity index (χ2v) is 5.64. The van der Waals surface area contributed by atoms with Gasteiger partial charge in [0.05, 0.1) is 6.61 Å². The maximum Gasteiger partial charge on any atom is 0.248 e. The zero-order chi connectivity index (χ0) is 16.7. The average Bonchev–Trinajstić information content (AvgIpc) is 2.54. The van der Waals surface area contributed by atoms with Crippen LogP contribution in [0.2, 0.25) is 5.02 Å². The minimum Gasteiger partial charge on any atom is -0.494 e. The summed E-state index contributed by atoms with van der Waals surface area (Å²) < 4.78 is 5.52. The van der Waals surface area contributed by atoms with Crippen LogP contribution in [-0.4, -0.2) is 12.5 Å². The lowest BCUT2D eigenvalue weighted by molar-refractivity contribution is -0.111. The van der Waals surface area contributed by atoms with Crippen molar-refractivity contribution in [2.75, 3.05) is 11.9 Å². The number of hydrogen-bond acceptors (Lipinski definition) is 2. The second-order valence-electron chi connectivity index (χ2n) is 5.20.